The number of hydrogen-bond donors (Lipinski definition) is 3. The number of piperidine rings is 1. The molecule has 0 saturated carbocycles. The number of hydrogen-bond acceptors (Lipinski definition) is 4. The fourth-order valence-electron chi connectivity index (χ4n) is 5.16. The summed E-state index contributed by atoms with van der Waals surface area (Å²) in [6, 6.07) is 8.00. The molecule has 1 aromatic carbocycles. The maximum Gasteiger partial charge on any atom is 0.246 e. The Kier molecular flexibility index (Phi) is 8.07. The van der Waals surface area contributed by atoms with Crippen LogP contribution in [0.15, 0.2) is 24.3 Å². The van der Waals surface area contributed by atoms with Crippen LogP contribution in [0.3, 0.4) is 0 Å². The fraction of sp³-hybridized carbons (Fsp3) is 0.696. The molecular weight excluding hydrogens is 399 g/mol. The molecule has 2 aliphatic heterocycles. The van der Waals surface area contributed by atoms with E-state index in [1.54, 1.807) is 13.1 Å². The minimum absolute atomic E-state index is 0.0206. The molecule has 30 heavy (non-hydrogen) atoms. The van der Waals surface area contributed by atoms with Crippen LogP contribution in [0.1, 0.15) is 38.2 Å². The van der Waals surface area contributed by atoms with Crippen molar-refractivity contribution in [3.63, 3.8) is 0 Å². The van der Waals surface area contributed by atoms with Gasteiger partial charge in [-0.05, 0) is 75.4 Å². The highest BCUT2D eigenvalue weighted by atomic mass is 28.4. The number of amides is 1. The number of anilines is 1. The molecule has 2 saturated heterocycles. The summed E-state index contributed by atoms with van der Waals surface area (Å²) >= 11 is 0. The van der Waals surface area contributed by atoms with Crippen molar-refractivity contribution in [2.75, 3.05) is 25.0 Å². The standard InChI is InChI=1S/C23H37FN2O3Si/c1-16-20(29-21(12-14-27)22(16)30(2,3)24)11-8-17-6-9-19(10-7-17)26-23(28)18-5-4-13-25-15-18/h6-7,9-10,16,18,20-22,25,27H,4-5,8,11-15H2,1-3H3,(H,26,28)/t16-,18?,20+,21-,22+/m1/s1. The van der Waals surface area contributed by atoms with Gasteiger partial charge >= 0.3 is 0 Å². The molecule has 3 N–H and O–H groups in total. The van der Waals surface area contributed by atoms with E-state index in [0.717, 1.165) is 44.5 Å². The van der Waals surface area contributed by atoms with Gasteiger partial charge in [-0.3, -0.25) is 4.79 Å². The Labute approximate surface area is 181 Å². The third-order valence-corrected chi connectivity index (χ3v) is 9.20. The Morgan fingerprint density at radius 2 is 2.00 bits per heavy atom. The zero-order valence-electron chi connectivity index (χ0n) is 18.5. The largest absolute Gasteiger partial charge is 0.396 e. The first kappa shape index (κ1) is 23.4. The van der Waals surface area contributed by atoms with Crippen molar-refractivity contribution in [3.8, 4) is 0 Å². The van der Waals surface area contributed by atoms with E-state index in [9.17, 15) is 14.0 Å². The second-order valence-corrected chi connectivity index (χ2v) is 13.2. The minimum Gasteiger partial charge on any atom is -0.396 e. The monoisotopic (exact) mass is 436 g/mol. The average molecular weight is 437 g/mol. The molecule has 168 valence electrons. The quantitative estimate of drug-likeness (QED) is 0.427. The van der Waals surface area contributed by atoms with Crippen LogP contribution in [-0.4, -0.2) is 51.3 Å². The highest BCUT2D eigenvalue weighted by Crippen LogP contribution is 2.46. The Morgan fingerprint density at radius 3 is 2.60 bits per heavy atom. The zero-order valence-corrected chi connectivity index (χ0v) is 19.5. The summed E-state index contributed by atoms with van der Waals surface area (Å²) in [7, 11) is -2.86. The predicted octanol–water partition coefficient (Wildman–Crippen LogP) is 3.89. The predicted molar refractivity (Wildman–Crippen MR) is 121 cm³/mol. The van der Waals surface area contributed by atoms with E-state index in [1.165, 1.54) is 5.56 Å². The Balaban J connectivity index is 1.52. The van der Waals surface area contributed by atoms with Crippen LogP contribution in [-0.2, 0) is 16.0 Å². The minimum atomic E-state index is -2.86. The zero-order chi connectivity index (χ0) is 21.7. The van der Waals surface area contributed by atoms with E-state index < -0.39 is 8.41 Å². The number of carbonyl (C=O) groups excluding carboxylic acids is 1. The lowest BCUT2D eigenvalue weighted by Gasteiger charge is -2.28. The van der Waals surface area contributed by atoms with Crippen LogP contribution in [0.5, 0.6) is 0 Å². The molecule has 0 spiro atoms. The first-order chi connectivity index (χ1) is 14.3. The van der Waals surface area contributed by atoms with Crippen LogP contribution in [0, 0.1) is 11.8 Å². The van der Waals surface area contributed by atoms with Crippen molar-refractivity contribution in [2.45, 2.75) is 69.9 Å². The molecule has 1 aromatic rings. The number of benzene rings is 1. The van der Waals surface area contributed by atoms with Crippen molar-refractivity contribution in [3.05, 3.63) is 29.8 Å². The van der Waals surface area contributed by atoms with Gasteiger partial charge in [-0.1, -0.05) is 19.1 Å². The number of nitrogens with one attached hydrogen (secondary N) is 2. The maximum absolute atomic E-state index is 14.9. The van der Waals surface area contributed by atoms with E-state index in [1.807, 2.05) is 24.3 Å². The number of aliphatic hydroxyl groups excluding tert-OH is 1. The molecule has 3 rings (SSSR count). The van der Waals surface area contributed by atoms with Crippen molar-refractivity contribution in [1.29, 1.82) is 0 Å². The van der Waals surface area contributed by atoms with Gasteiger partial charge in [0.1, 0.15) is 0 Å². The van der Waals surface area contributed by atoms with Gasteiger partial charge < -0.3 is 24.6 Å². The van der Waals surface area contributed by atoms with E-state index >= 15 is 0 Å². The van der Waals surface area contributed by atoms with Gasteiger partial charge in [0.15, 0.2) is 0 Å². The molecule has 1 amide bonds. The second-order valence-electron chi connectivity index (χ2n) is 9.44. The summed E-state index contributed by atoms with van der Waals surface area (Å²) in [6.07, 6.45) is 4.03. The normalized spacial score (nSPS) is 29.7. The molecule has 0 radical (unpaired) electrons. The van der Waals surface area contributed by atoms with E-state index in [2.05, 4.69) is 17.6 Å². The van der Waals surface area contributed by atoms with Crippen LogP contribution in [0.4, 0.5) is 9.80 Å². The number of carbonyl (C=O) groups is 1. The Hall–Kier alpha value is -1.28. The van der Waals surface area contributed by atoms with E-state index in [4.69, 9.17) is 4.74 Å². The lowest BCUT2D eigenvalue weighted by atomic mass is 9.95. The van der Waals surface area contributed by atoms with Crippen molar-refractivity contribution in [1.82, 2.24) is 5.32 Å². The van der Waals surface area contributed by atoms with Gasteiger partial charge in [0.2, 0.25) is 14.3 Å². The highest BCUT2D eigenvalue weighted by molar-refractivity contribution is 6.72. The van der Waals surface area contributed by atoms with Crippen LogP contribution < -0.4 is 10.6 Å². The van der Waals surface area contributed by atoms with Gasteiger partial charge in [-0.2, -0.15) is 0 Å². The third-order valence-electron chi connectivity index (χ3n) is 6.72. The summed E-state index contributed by atoms with van der Waals surface area (Å²) < 4.78 is 21.1. The SMILES string of the molecule is C[C@H]1[C@H]([Si](C)(C)F)[C@@H](CCO)O[C@H]1CCc1ccc(NC(=O)C2CCCNC2)cc1. The lowest BCUT2D eigenvalue weighted by Crippen LogP contribution is -2.37. The van der Waals surface area contributed by atoms with E-state index in [-0.39, 0.29) is 42.1 Å². The number of aryl methyl sites for hydroxylation is 1. The summed E-state index contributed by atoms with van der Waals surface area (Å²) in [5, 5.41) is 15.6. The summed E-state index contributed by atoms with van der Waals surface area (Å²) in [4.78, 5) is 12.4. The third kappa shape index (κ3) is 5.90. The van der Waals surface area contributed by atoms with Gasteiger partial charge in [0.05, 0.1) is 18.1 Å². The first-order valence-electron chi connectivity index (χ1n) is 11.4. The van der Waals surface area contributed by atoms with E-state index in [0.29, 0.717) is 6.42 Å². The van der Waals surface area contributed by atoms with Gasteiger partial charge in [0.25, 0.3) is 0 Å². The van der Waals surface area contributed by atoms with Gasteiger partial charge in [-0.15, -0.1) is 0 Å². The molecule has 2 fully saturated rings. The highest BCUT2D eigenvalue weighted by Gasteiger charge is 2.50. The van der Waals surface area contributed by atoms with Crippen LogP contribution in [0.25, 0.3) is 0 Å². The molecule has 0 aliphatic carbocycles. The maximum atomic E-state index is 14.9. The molecule has 0 bridgehead atoms. The van der Waals surface area contributed by atoms with Crippen LogP contribution in [0.2, 0.25) is 18.6 Å². The molecule has 7 heteroatoms. The fourth-order valence-corrected chi connectivity index (χ4v) is 7.75. The van der Waals surface area contributed by atoms with Crippen molar-refractivity contribution < 1.29 is 18.7 Å². The summed E-state index contributed by atoms with van der Waals surface area (Å²) in [5.74, 6) is 0.292. The lowest BCUT2D eigenvalue weighted by molar-refractivity contribution is -0.120. The molecule has 5 atom stereocenters. The molecule has 1 unspecified atom stereocenters. The smallest absolute Gasteiger partial charge is 0.246 e. The molecular formula is C23H37FN2O3Si. The average Bonchev–Trinajstić information content (AvgIpc) is 3.03. The number of ether oxygens (including phenoxy) is 1. The molecule has 2 heterocycles. The second kappa shape index (κ2) is 10.4. The van der Waals surface area contributed by atoms with Gasteiger partial charge in [0, 0.05) is 24.4 Å². The molecule has 5 nitrogen and oxygen atoms in total. The molecule has 2 aliphatic rings. The van der Waals surface area contributed by atoms with Crippen molar-refractivity contribution >= 4 is 20.0 Å². The summed E-state index contributed by atoms with van der Waals surface area (Å²) in [5.41, 5.74) is 1.94. The number of aliphatic hydroxyl groups is 1. The van der Waals surface area contributed by atoms with Crippen LogP contribution >= 0.6 is 0 Å². The Morgan fingerprint density at radius 1 is 1.27 bits per heavy atom. The van der Waals surface area contributed by atoms with Crippen molar-refractivity contribution in [2.24, 2.45) is 11.8 Å². The van der Waals surface area contributed by atoms with Gasteiger partial charge in [-0.25, -0.2) is 0 Å². The molecule has 0 aromatic heterocycles. The Bertz CT molecular complexity index is 689. The number of halogens is 1. The number of rotatable bonds is 8. The first-order valence-corrected chi connectivity index (χ1v) is 14.3. The summed E-state index contributed by atoms with van der Waals surface area (Å²) in [6.45, 7) is 7.38. The topological polar surface area (TPSA) is 70.6 Å².